The van der Waals surface area contributed by atoms with Gasteiger partial charge in [0.15, 0.2) is 12.3 Å². The number of aliphatic hydroxyl groups excluding tert-OH is 4. The number of allylic oxidation sites excluding steroid dienone is 12. The van der Waals surface area contributed by atoms with Crippen LogP contribution in [0.3, 0.4) is 0 Å². The number of nitrogen functional groups attached to an aromatic ring is 1. The Hall–Kier alpha value is -4.14. The normalized spacial score (nSPS) is 20.4. The van der Waals surface area contributed by atoms with Crippen LogP contribution in [0.5, 0.6) is 0 Å². The van der Waals surface area contributed by atoms with Crippen molar-refractivity contribution < 1.29 is 76.5 Å². The van der Waals surface area contributed by atoms with Crippen molar-refractivity contribution in [3.63, 3.8) is 0 Å². The molecule has 1 aliphatic heterocycles. The van der Waals surface area contributed by atoms with Crippen LogP contribution < -0.4 is 11.4 Å². The van der Waals surface area contributed by atoms with Gasteiger partial charge >= 0.3 is 33.3 Å². The predicted octanol–water partition coefficient (Wildman–Crippen LogP) is 8.61. The van der Waals surface area contributed by atoms with Gasteiger partial charge in [0.05, 0.1) is 25.4 Å². The quantitative estimate of drug-likeness (QED) is 0.0106. The zero-order valence-corrected chi connectivity index (χ0v) is 44.9. The molecule has 0 spiro atoms. The zero-order valence-electron chi connectivity index (χ0n) is 43.1. The minimum atomic E-state index is -5.49. The highest BCUT2D eigenvalue weighted by Gasteiger charge is 2.46. The number of hydrogen-bond donors (Lipinski definition) is 7. The number of anilines is 1. The van der Waals surface area contributed by atoms with Crippen molar-refractivity contribution in [3.05, 3.63) is 108 Å². The van der Waals surface area contributed by atoms with Crippen molar-refractivity contribution in [3.8, 4) is 0 Å². The van der Waals surface area contributed by atoms with Crippen molar-refractivity contribution in [1.29, 1.82) is 0 Å². The van der Waals surface area contributed by atoms with Crippen molar-refractivity contribution in [2.75, 3.05) is 25.6 Å². The van der Waals surface area contributed by atoms with Crippen LogP contribution in [0, 0.1) is 0 Å². The van der Waals surface area contributed by atoms with E-state index in [0.29, 0.717) is 19.3 Å². The van der Waals surface area contributed by atoms with Crippen LogP contribution in [0.1, 0.15) is 148 Å². The van der Waals surface area contributed by atoms with E-state index in [0.717, 1.165) is 55.7 Å². The van der Waals surface area contributed by atoms with E-state index in [1.54, 1.807) is 24.3 Å². The zero-order chi connectivity index (χ0) is 54.5. The van der Waals surface area contributed by atoms with Gasteiger partial charge in [-0.15, -0.1) is 0 Å². The fourth-order valence-corrected chi connectivity index (χ4v) is 9.18. The van der Waals surface area contributed by atoms with E-state index in [1.807, 2.05) is 36.5 Å². The number of ether oxygens (including phenoxy) is 3. The fraction of sp³-hybridized carbons (Fsp3) is 0.615. The Balaban J connectivity index is 1.89. The summed E-state index contributed by atoms with van der Waals surface area (Å²) in [4.78, 5) is 61.9. The summed E-state index contributed by atoms with van der Waals surface area (Å²) >= 11 is 0. The lowest BCUT2D eigenvalue weighted by atomic mass is 10.1. The van der Waals surface area contributed by atoms with E-state index in [4.69, 9.17) is 29.0 Å². The number of phosphoric ester groups is 2. The summed E-state index contributed by atoms with van der Waals surface area (Å²) in [7, 11) is -11.0. The molecule has 0 aromatic carbocycles. The number of hydrogen-bond acceptors (Lipinski definition) is 17. The van der Waals surface area contributed by atoms with Crippen LogP contribution >= 0.6 is 15.6 Å². The topological polar surface area (TPSA) is 306 Å². The van der Waals surface area contributed by atoms with E-state index in [-0.39, 0.29) is 31.5 Å². The van der Waals surface area contributed by atoms with E-state index >= 15 is 0 Å². The highest BCUT2D eigenvalue weighted by Crippen LogP contribution is 2.60. The molecule has 1 fully saturated rings. The van der Waals surface area contributed by atoms with Gasteiger partial charge in [-0.25, -0.2) is 13.9 Å². The molecular weight excluding hydrogens is 1000 g/mol. The van der Waals surface area contributed by atoms with Gasteiger partial charge in [0.1, 0.15) is 30.7 Å². The summed E-state index contributed by atoms with van der Waals surface area (Å²) in [5, 5.41) is 41.2. The Morgan fingerprint density at radius 3 is 1.92 bits per heavy atom. The number of nitrogens with two attached hydrogens (primary N) is 1. The molecule has 1 saturated heterocycles. The van der Waals surface area contributed by atoms with Crippen molar-refractivity contribution in [2.45, 2.75) is 185 Å². The predicted molar refractivity (Wildman–Crippen MR) is 282 cm³/mol. The molecule has 74 heavy (non-hydrogen) atoms. The lowest BCUT2D eigenvalue weighted by molar-refractivity contribution is -0.161. The Bertz CT molecular complexity index is 2110. The number of nitrogens with zero attached hydrogens (tertiary/aromatic N) is 2. The van der Waals surface area contributed by atoms with Gasteiger partial charge in [0.2, 0.25) is 0 Å². The maximum Gasteiger partial charge on any atom is 0.481 e. The molecule has 0 aliphatic carbocycles. The maximum absolute atomic E-state index is 12.9. The van der Waals surface area contributed by atoms with E-state index in [9.17, 15) is 53.7 Å². The second-order valence-electron chi connectivity index (χ2n) is 17.7. The Morgan fingerprint density at radius 2 is 1.27 bits per heavy atom. The van der Waals surface area contributed by atoms with Crippen LogP contribution in [0.15, 0.2) is 102 Å². The van der Waals surface area contributed by atoms with E-state index in [2.05, 4.69) is 47.4 Å². The van der Waals surface area contributed by atoms with Gasteiger partial charge < -0.3 is 50.2 Å². The molecule has 0 radical (unpaired) electrons. The molecule has 2 rings (SSSR count). The second kappa shape index (κ2) is 39.3. The third kappa shape index (κ3) is 31.7. The van der Waals surface area contributed by atoms with Crippen LogP contribution in [0.2, 0.25) is 0 Å². The standard InChI is InChI=1S/C52H83N3O17P2/c1-3-5-7-8-9-10-11-12-13-14-15-16-17-18-22-25-29-35-48(59)70-44(39-67-47(58)36-30-34-43(57)33-28-24-21-19-20-23-27-32-42(56)31-26-6-4-2)40-68-73(63,64)72-74(65,66)69-41-45-49(60)50(61)51(71-45)55-38-37-46(53)54-52(55)62/h12-13,15-16,18,20-24,27-28,32-33,37-38,42-45,49-51,56-57,60-61H,3-11,14,17,19,25-26,29-31,34-36,39-41H2,1-2H3,(H,63,64)(H,65,66)(H2,53,54,62)/b13-12-,16-15-,22-18-,23-20-,24-21-,32-27+,33-28+/t42-,43-,44+,45+,49+,50+,51+/m0/s1. The SMILES string of the molecule is CCCCCCCC/C=C\C/C=C\C/C=C\CCCC(=O)O[C@H](COC(=O)CCC[C@@H](O)/C=C/C=C\C/C=C\C=C\[C@@H](O)CCCCC)COP(=O)(O)OP(=O)(O)OC[C@H]1O[C@@H](n2ccc(N)nc2=O)[C@H](O)[C@@H]1O. The molecule has 9 atom stereocenters. The van der Waals surface area contributed by atoms with Gasteiger partial charge in [0, 0.05) is 19.0 Å². The van der Waals surface area contributed by atoms with Crippen LogP contribution in [0.4, 0.5) is 5.82 Å². The summed E-state index contributed by atoms with van der Waals surface area (Å²) in [6.45, 7) is 1.77. The third-order valence-corrected chi connectivity index (χ3v) is 13.8. The van der Waals surface area contributed by atoms with Crippen LogP contribution in [0.25, 0.3) is 0 Å². The molecule has 1 aromatic rings. The first-order valence-electron chi connectivity index (χ1n) is 25.8. The third-order valence-electron chi connectivity index (χ3n) is 11.2. The average Bonchev–Trinajstić information content (AvgIpc) is 3.63. The number of carbonyl (C=O) groups is 2. The molecule has 8 N–H and O–H groups in total. The van der Waals surface area contributed by atoms with Gasteiger partial charge in [-0.05, 0) is 70.3 Å². The first-order chi connectivity index (χ1) is 35.5. The van der Waals surface area contributed by atoms with Gasteiger partial charge in [-0.3, -0.25) is 23.2 Å². The van der Waals surface area contributed by atoms with Crippen LogP contribution in [-0.2, 0) is 46.3 Å². The minimum absolute atomic E-state index is 0.0754. The molecule has 0 amide bonds. The highest BCUT2D eigenvalue weighted by molar-refractivity contribution is 7.61. The van der Waals surface area contributed by atoms with Gasteiger partial charge in [-0.2, -0.15) is 9.29 Å². The molecule has 0 saturated carbocycles. The lowest BCUT2D eigenvalue weighted by Crippen LogP contribution is -2.36. The largest absolute Gasteiger partial charge is 0.481 e. The Kier molecular flexibility index (Phi) is 35.0. The first-order valence-corrected chi connectivity index (χ1v) is 28.8. The molecule has 418 valence electrons. The molecule has 1 aromatic heterocycles. The number of phosphoric acid groups is 2. The molecule has 0 bridgehead atoms. The van der Waals surface area contributed by atoms with E-state index in [1.165, 1.54) is 44.6 Å². The number of carbonyl (C=O) groups excluding carboxylic acids is 2. The number of aliphatic hydroxyl groups is 4. The van der Waals surface area contributed by atoms with Crippen molar-refractivity contribution in [2.24, 2.45) is 0 Å². The number of rotatable bonds is 41. The molecule has 2 heterocycles. The monoisotopic (exact) mass is 1080 g/mol. The smallest absolute Gasteiger partial charge is 0.462 e. The number of esters is 2. The lowest BCUT2D eigenvalue weighted by Gasteiger charge is -2.21. The van der Waals surface area contributed by atoms with Gasteiger partial charge in [0.25, 0.3) is 0 Å². The summed E-state index contributed by atoms with van der Waals surface area (Å²) < 4.78 is 56.5. The maximum atomic E-state index is 12.9. The summed E-state index contributed by atoms with van der Waals surface area (Å²) in [6, 6.07) is 1.23. The summed E-state index contributed by atoms with van der Waals surface area (Å²) in [6.07, 6.45) is 34.5. The van der Waals surface area contributed by atoms with E-state index < -0.39 is 95.9 Å². The molecular formula is C52H83N3O17P2. The van der Waals surface area contributed by atoms with Gasteiger partial charge in [-0.1, -0.05) is 150 Å². The molecule has 22 heteroatoms. The highest BCUT2D eigenvalue weighted by atomic mass is 31.3. The minimum Gasteiger partial charge on any atom is -0.462 e. The fourth-order valence-electron chi connectivity index (χ4n) is 7.07. The molecule has 2 unspecified atom stereocenters. The van der Waals surface area contributed by atoms with Crippen molar-refractivity contribution in [1.82, 2.24) is 9.55 Å². The first kappa shape index (κ1) is 66.0. The summed E-state index contributed by atoms with van der Waals surface area (Å²) in [5.41, 5.74) is 4.56. The summed E-state index contributed by atoms with van der Waals surface area (Å²) in [5.74, 6) is -1.61. The second-order valence-corrected chi connectivity index (χ2v) is 20.8. The van der Waals surface area contributed by atoms with Crippen LogP contribution in [-0.4, -0.2) is 108 Å². The number of unbranched alkanes of at least 4 members (excludes halogenated alkanes) is 9. The average molecular weight is 1080 g/mol. The molecule has 1 aliphatic rings. The number of aromatic nitrogens is 2. The Morgan fingerprint density at radius 1 is 0.716 bits per heavy atom. The Labute approximate surface area is 436 Å². The molecule has 20 nitrogen and oxygen atoms in total. The van der Waals surface area contributed by atoms with Crippen molar-refractivity contribution >= 4 is 33.4 Å².